The summed E-state index contributed by atoms with van der Waals surface area (Å²) in [4.78, 5) is 27.3. The number of halogens is 2. The summed E-state index contributed by atoms with van der Waals surface area (Å²) in [7, 11) is -3.71. The van der Waals surface area contributed by atoms with E-state index in [1.54, 1.807) is 19.1 Å². The molecule has 2 aliphatic heterocycles. The molecule has 0 aromatic heterocycles. The van der Waals surface area contributed by atoms with Crippen LogP contribution in [0, 0.1) is 0 Å². The molecule has 2 fully saturated rings. The zero-order valence-corrected chi connectivity index (χ0v) is 17.8. The SMILES string of the molecule is CC(C(=O)N1CCNC1=O)N1CCN(S(=O)(=O)c2ccc(Br)cc2Cl)CC1. The molecule has 1 atom stereocenters. The highest BCUT2D eigenvalue weighted by Crippen LogP contribution is 2.28. The molecule has 1 aromatic carbocycles. The van der Waals surface area contributed by atoms with Crippen LogP contribution in [0.15, 0.2) is 27.6 Å². The average Bonchev–Trinajstić information content (AvgIpc) is 3.06. The first-order valence-corrected chi connectivity index (χ1v) is 11.1. The van der Waals surface area contributed by atoms with Gasteiger partial charge in [0.2, 0.25) is 15.9 Å². The Morgan fingerprint density at radius 1 is 1.22 bits per heavy atom. The van der Waals surface area contributed by atoms with Gasteiger partial charge in [-0.25, -0.2) is 13.2 Å². The number of hydrogen-bond donors (Lipinski definition) is 1. The number of nitrogens with one attached hydrogen (secondary N) is 1. The molecule has 2 saturated heterocycles. The van der Waals surface area contributed by atoms with Gasteiger partial charge >= 0.3 is 6.03 Å². The number of carbonyl (C=O) groups is 2. The maximum Gasteiger partial charge on any atom is 0.324 e. The maximum atomic E-state index is 12.9. The Morgan fingerprint density at radius 3 is 2.44 bits per heavy atom. The molecule has 11 heteroatoms. The monoisotopic (exact) mass is 478 g/mol. The molecule has 3 amide bonds. The van der Waals surface area contributed by atoms with Crippen molar-refractivity contribution in [2.45, 2.75) is 17.9 Å². The van der Waals surface area contributed by atoms with Crippen LogP contribution in [0.2, 0.25) is 5.02 Å². The Hall–Kier alpha value is -1.20. The predicted molar refractivity (Wildman–Crippen MR) is 104 cm³/mol. The summed E-state index contributed by atoms with van der Waals surface area (Å²) >= 11 is 9.37. The molecule has 1 aromatic rings. The van der Waals surface area contributed by atoms with Gasteiger partial charge in [-0.15, -0.1) is 0 Å². The lowest BCUT2D eigenvalue weighted by Crippen LogP contribution is -2.55. The molecule has 0 radical (unpaired) electrons. The predicted octanol–water partition coefficient (Wildman–Crippen LogP) is 1.35. The molecule has 8 nitrogen and oxygen atoms in total. The maximum absolute atomic E-state index is 12.9. The standard InChI is InChI=1S/C16H20BrClN4O4S/c1-11(15(23)22-5-4-19-16(22)24)20-6-8-21(9-7-20)27(25,26)14-3-2-12(17)10-13(14)18/h2-3,10-11H,4-9H2,1H3,(H,19,24). The van der Waals surface area contributed by atoms with Crippen LogP contribution in [0.4, 0.5) is 4.79 Å². The van der Waals surface area contributed by atoms with E-state index in [2.05, 4.69) is 21.2 Å². The minimum atomic E-state index is -3.71. The third-order valence-electron chi connectivity index (χ3n) is 4.81. The summed E-state index contributed by atoms with van der Waals surface area (Å²) in [6.07, 6.45) is 0. The number of urea groups is 1. The number of hydrogen-bond acceptors (Lipinski definition) is 5. The van der Waals surface area contributed by atoms with Crippen LogP contribution in [0.25, 0.3) is 0 Å². The van der Waals surface area contributed by atoms with Gasteiger partial charge in [0.15, 0.2) is 0 Å². The second-order valence-corrected chi connectivity index (χ2v) is 9.64. The lowest BCUT2D eigenvalue weighted by molar-refractivity contribution is -0.133. The number of rotatable bonds is 4. The summed E-state index contributed by atoms with van der Waals surface area (Å²) in [5.41, 5.74) is 0. The van der Waals surface area contributed by atoms with Crippen molar-refractivity contribution in [2.75, 3.05) is 39.3 Å². The normalized spacial score (nSPS) is 20.6. The fraction of sp³-hybridized carbons (Fsp3) is 0.500. The fourth-order valence-electron chi connectivity index (χ4n) is 3.22. The average molecular weight is 480 g/mol. The third kappa shape index (κ3) is 4.14. The van der Waals surface area contributed by atoms with E-state index in [4.69, 9.17) is 11.6 Å². The van der Waals surface area contributed by atoms with Crippen molar-refractivity contribution < 1.29 is 18.0 Å². The van der Waals surface area contributed by atoms with Gasteiger partial charge in [0.1, 0.15) is 4.90 Å². The molecule has 2 aliphatic rings. The molecule has 1 N–H and O–H groups in total. The van der Waals surface area contributed by atoms with Crippen molar-refractivity contribution in [3.05, 3.63) is 27.7 Å². The topological polar surface area (TPSA) is 90.0 Å². The fourth-order valence-corrected chi connectivity index (χ4v) is 5.65. The van der Waals surface area contributed by atoms with Gasteiger partial charge in [0.25, 0.3) is 0 Å². The van der Waals surface area contributed by atoms with Crippen molar-refractivity contribution in [1.82, 2.24) is 19.4 Å². The van der Waals surface area contributed by atoms with E-state index >= 15 is 0 Å². The molecular formula is C16H20BrClN4O4S. The van der Waals surface area contributed by atoms with Crippen LogP contribution in [0.1, 0.15) is 6.92 Å². The van der Waals surface area contributed by atoms with Crippen LogP contribution in [0.5, 0.6) is 0 Å². The smallest absolute Gasteiger partial charge is 0.324 e. The summed E-state index contributed by atoms with van der Waals surface area (Å²) in [5.74, 6) is -0.266. The first-order valence-electron chi connectivity index (χ1n) is 8.50. The molecule has 1 unspecified atom stereocenters. The van der Waals surface area contributed by atoms with Crippen molar-refractivity contribution in [3.63, 3.8) is 0 Å². The lowest BCUT2D eigenvalue weighted by atomic mass is 10.2. The van der Waals surface area contributed by atoms with Crippen LogP contribution in [0.3, 0.4) is 0 Å². The molecule has 2 heterocycles. The quantitative estimate of drug-likeness (QED) is 0.704. The highest BCUT2D eigenvalue weighted by atomic mass is 79.9. The lowest BCUT2D eigenvalue weighted by Gasteiger charge is -2.37. The Balaban J connectivity index is 1.66. The molecular weight excluding hydrogens is 460 g/mol. The molecule has 0 aliphatic carbocycles. The molecule has 0 spiro atoms. The van der Waals surface area contributed by atoms with Crippen molar-refractivity contribution in [1.29, 1.82) is 0 Å². The number of piperazine rings is 1. The largest absolute Gasteiger partial charge is 0.336 e. The van der Waals surface area contributed by atoms with E-state index in [1.807, 2.05) is 4.90 Å². The summed E-state index contributed by atoms with van der Waals surface area (Å²) in [5, 5.41) is 2.77. The number of benzene rings is 1. The summed E-state index contributed by atoms with van der Waals surface area (Å²) in [6.45, 7) is 3.85. The first-order chi connectivity index (χ1) is 12.7. The number of sulfonamides is 1. The van der Waals surface area contributed by atoms with Crippen molar-refractivity contribution in [2.24, 2.45) is 0 Å². The molecule has 148 valence electrons. The van der Waals surface area contributed by atoms with E-state index in [9.17, 15) is 18.0 Å². The molecule has 27 heavy (non-hydrogen) atoms. The molecule has 3 rings (SSSR count). The third-order valence-corrected chi connectivity index (χ3v) is 7.69. The zero-order valence-electron chi connectivity index (χ0n) is 14.7. The van der Waals surface area contributed by atoms with E-state index in [-0.39, 0.29) is 34.9 Å². The zero-order chi connectivity index (χ0) is 19.8. The van der Waals surface area contributed by atoms with Crippen LogP contribution < -0.4 is 5.32 Å². The van der Waals surface area contributed by atoms with Crippen LogP contribution in [-0.4, -0.2) is 79.8 Å². The van der Waals surface area contributed by atoms with Gasteiger partial charge in [-0.1, -0.05) is 27.5 Å². The van der Waals surface area contributed by atoms with Gasteiger partial charge in [0.05, 0.1) is 11.1 Å². The van der Waals surface area contributed by atoms with Gasteiger partial charge in [0, 0.05) is 43.7 Å². The van der Waals surface area contributed by atoms with Gasteiger partial charge in [-0.05, 0) is 25.1 Å². The van der Waals surface area contributed by atoms with Gasteiger partial charge in [-0.3, -0.25) is 14.6 Å². The van der Waals surface area contributed by atoms with E-state index in [1.165, 1.54) is 15.3 Å². The van der Waals surface area contributed by atoms with E-state index in [0.29, 0.717) is 30.7 Å². The van der Waals surface area contributed by atoms with Gasteiger partial charge in [-0.2, -0.15) is 4.31 Å². The highest BCUT2D eigenvalue weighted by Gasteiger charge is 2.36. The number of carbonyl (C=O) groups excluding carboxylic acids is 2. The van der Waals surface area contributed by atoms with Crippen LogP contribution >= 0.6 is 27.5 Å². The Bertz CT molecular complexity index is 858. The highest BCUT2D eigenvalue weighted by molar-refractivity contribution is 9.10. The second kappa shape index (κ2) is 8.04. The summed E-state index contributed by atoms with van der Waals surface area (Å²) in [6, 6.07) is 3.79. The Morgan fingerprint density at radius 2 is 1.89 bits per heavy atom. The second-order valence-electron chi connectivity index (χ2n) is 6.41. The molecule has 0 bridgehead atoms. The molecule has 0 saturated carbocycles. The summed E-state index contributed by atoms with van der Waals surface area (Å²) < 4.78 is 27.8. The minimum absolute atomic E-state index is 0.0682. The number of nitrogens with zero attached hydrogens (tertiary/aromatic N) is 3. The van der Waals surface area contributed by atoms with Gasteiger partial charge < -0.3 is 5.32 Å². The van der Waals surface area contributed by atoms with E-state index < -0.39 is 16.1 Å². The number of amides is 3. The minimum Gasteiger partial charge on any atom is -0.336 e. The van der Waals surface area contributed by atoms with Crippen LogP contribution in [-0.2, 0) is 14.8 Å². The Labute approximate surface area is 171 Å². The van der Waals surface area contributed by atoms with Crippen molar-refractivity contribution in [3.8, 4) is 0 Å². The van der Waals surface area contributed by atoms with Crippen molar-refractivity contribution >= 4 is 49.5 Å². The Kier molecular flexibility index (Phi) is 6.11. The number of imide groups is 1. The van der Waals surface area contributed by atoms with E-state index in [0.717, 1.165) is 0 Å². The first kappa shape index (κ1) is 20.5.